The molecule has 0 N–H and O–H groups in total. The normalized spacial score (nSPS) is 23.9. The van der Waals surface area contributed by atoms with E-state index in [-0.39, 0.29) is 0 Å². The van der Waals surface area contributed by atoms with E-state index in [1.54, 1.807) is 5.57 Å². The van der Waals surface area contributed by atoms with E-state index in [0.717, 1.165) is 5.92 Å². The van der Waals surface area contributed by atoms with Crippen molar-refractivity contribution in [2.24, 2.45) is 11.3 Å². The Hall–Kier alpha value is -0.520. The highest BCUT2D eigenvalue weighted by Crippen LogP contribution is 2.34. The fourth-order valence-corrected chi connectivity index (χ4v) is 1.83. The van der Waals surface area contributed by atoms with Crippen molar-refractivity contribution in [2.75, 3.05) is 0 Å². The van der Waals surface area contributed by atoms with Gasteiger partial charge in [0.05, 0.1) is 0 Å². The fourth-order valence-electron chi connectivity index (χ4n) is 1.83. The maximum atomic E-state index is 2.47. The van der Waals surface area contributed by atoms with Gasteiger partial charge in [0.25, 0.3) is 0 Å². The van der Waals surface area contributed by atoms with Crippen LogP contribution in [0.4, 0.5) is 0 Å². The van der Waals surface area contributed by atoms with Crippen LogP contribution in [0.3, 0.4) is 0 Å². The zero-order valence-corrected chi connectivity index (χ0v) is 9.65. The van der Waals surface area contributed by atoms with E-state index in [1.807, 2.05) is 0 Å². The van der Waals surface area contributed by atoms with Crippen LogP contribution in [0.25, 0.3) is 0 Å². The molecule has 0 fully saturated rings. The van der Waals surface area contributed by atoms with Gasteiger partial charge in [0.1, 0.15) is 0 Å². The SMILES string of the molecule is CCC1C=C(C(C)(C)C)C=C(C)C1. The minimum atomic E-state index is 0.315. The Morgan fingerprint density at radius 1 is 1.38 bits per heavy atom. The molecule has 0 aliphatic heterocycles. The van der Waals surface area contributed by atoms with Crippen LogP contribution < -0.4 is 0 Å². The minimum Gasteiger partial charge on any atom is -0.0774 e. The van der Waals surface area contributed by atoms with Gasteiger partial charge < -0.3 is 0 Å². The predicted octanol–water partition coefficient (Wildman–Crippen LogP) is 4.34. The summed E-state index contributed by atoms with van der Waals surface area (Å²) >= 11 is 0. The molecule has 0 nitrogen and oxygen atoms in total. The molecule has 1 unspecified atom stereocenters. The van der Waals surface area contributed by atoms with Gasteiger partial charge in [-0.1, -0.05) is 45.4 Å². The molecular weight excluding hydrogens is 156 g/mol. The van der Waals surface area contributed by atoms with Crippen molar-refractivity contribution in [1.82, 2.24) is 0 Å². The molecule has 0 aromatic heterocycles. The van der Waals surface area contributed by atoms with Crippen LogP contribution in [0.15, 0.2) is 23.3 Å². The first-order chi connectivity index (χ1) is 5.93. The molecule has 0 saturated carbocycles. The molecule has 0 aromatic rings. The van der Waals surface area contributed by atoms with Crippen LogP contribution >= 0.6 is 0 Å². The molecule has 0 radical (unpaired) electrons. The molecule has 0 heterocycles. The Labute approximate surface area is 82.7 Å². The highest BCUT2D eigenvalue weighted by atomic mass is 14.2. The number of hydrogen-bond donors (Lipinski definition) is 0. The Kier molecular flexibility index (Phi) is 3.00. The zero-order valence-electron chi connectivity index (χ0n) is 9.65. The third-order valence-electron chi connectivity index (χ3n) is 2.79. The minimum absolute atomic E-state index is 0.315. The first kappa shape index (κ1) is 10.6. The lowest BCUT2D eigenvalue weighted by Crippen LogP contribution is -2.13. The maximum absolute atomic E-state index is 2.47. The summed E-state index contributed by atoms with van der Waals surface area (Å²) in [5, 5.41) is 0. The van der Waals surface area contributed by atoms with Gasteiger partial charge in [-0.3, -0.25) is 0 Å². The van der Waals surface area contributed by atoms with Gasteiger partial charge in [0.15, 0.2) is 0 Å². The maximum Gasteiger partial charge on any atom is -0.0135 e. The summed E-state index contributed by atoms with van der Waals surface area (Å²) in [5.74, 6) is 0.777. The first-order valence-electron chi connectivity index (χ1n) is 5.33. The predicted molar refractivity (Wildman–Crippen MR) is 59.7 cm³/mol. The lowest BCUT2D eigenvalue weighted by atomic mass is 9.78. The van der Waals surface area contributed by atoms with Gasteiger partial charge in [0.2, 0.25) is 0 Å². The molecule has 1 aliphatic carbocycles. The molecule has 1 atom stereocenters. The first-order valence-corrected chi connectivity index (χ1v) is 5.33. The van der Waals surface area contributed by atoms with E-state index < -0.39 is 0 Å². The van der Waals surface area contributed by atoms with E-state index in [9.17, 15) is 0 Å². The summed E-state index contributed by atoms with van der Waals surface area (Å²) in [7, 11) is 0. The molecule has 0 amide bonds. The van der Waals surface area contributed by atoms with Crippen LogP contribution in [-0.4, -0.2) is 0 Å². The monoisotopic (exact) mass is 178 g/mol. The molecule has 1 rings (SSSR count). The molecule has 0 aromatic carbocycles. The summed E-state index contributed by atoms with van der Waals surface area (Å²) in [6, 6.07) is 0. The Morgan fingerprint density at radius 3 is 2.46 bits per heavy atom. The van der Waals surface area contributed by atoms with E-state index in [1.165, 1.54) is 18.4 Å². The molecule has 13 heavy (non-hydrogen) atoms. The third-order valence-corrected chi connectivity index (χ3v) is 2.79. The highest BCUT2D eigenvalue weighted by Gasteiger charge is 2.20. The molecule has 1 aliphatic rings. The van der Waals surface area contributed by atoms with Crippen LogP contribution in [0, 0.1) is 11.3 Å². The van der Waals surface area contributed by atoms with Crippen molar-refractivity contribution in [2.45, 2.75) is 47.5 Å². The van der Waals surface area contributed by atoms with E-state index >= 15 is 0 Å². The molecule has 0 spiro atoms. The second-order valence-electron chi connectivity index (χ2n) is 5.24. The average molecular weight is 178 g/mol. The smallest absolute Gasteiger partial charge is 0.0135 e. The summed E-state index contributed by atoms with van der Waals surface area (Å²) < 4.78 is 0. The second-order valence-corrected chi connectivity index (χ2v) is 5.24. The van der Waals surface area contributed by atoms with Crippen molar-refractivity contribution in [3.8, 4) is 0 Å². The molecule has 0 bridgehead atoms. The lowest BCUT2D eigenvalue weighted by molar-refractivity contribution is 0.493. The van der Waals surface area contributed by atoms with E-state index in [4.69, 9.17) is 0 Å². The third kappa shape index (κ3) is 2.72. The number of hydrogen-bond acceptors (Lipinski definition) is 0. The van der Waals surface area contributed by atoms with E-state index in [0.29, 0.717) is 5.41 Å². The number of allylic oxidation sites excluding steroid dienone is 4. The van der Waals surface area contributed by atoms with Crippen molar-refractivity contribution >= 4 is 0 Å². The van der Waals surface area contributed by atoms with Gasteiger partial charge >= 0.3 is 0 Å². The molecule has 74 valence electrons. The lowest BCUT2D eigenvalue weighted by Gasteiger charge is -2.27. The van der Waals surface area contributed by atoms with Crippen molar-refractivity contribution in [3.05, 3.63) is 23.3 Å². The largest absolute Gasteiger partial charge is 0.0774 e. The Balaban J connectivity index is 2.89. The topological polar surface area (TPSA) is 0 Å². The second kappa shape index (κ2) is 3.69. The summed E-state index contributed by atoms with van der Waals surface area (Å²) in [5.41, 5.74) is 3.37. The zero-order chi connectivity index (χ0) is 10.1. The molecule has 0 saturated heterocycles. The van der Waals surface area contributed by atoms with Crippen molar-refractivity contribution < 1.29 is 0 Å². The van der Waals surface area contributed by atoms with Gasteiger partial charge in [0, 0.05) is 0 Å². The van der Waals surface area contributed by atoms with Gasteiger partial charge in [-0.05, 0) is 36.7 Å². The summed E-state index contributed by atoms with van der Waals surface area (Å²) in [6.07, 6.45) is 7.36. The molecular formula is C13H22. The van der Waals surface area contributed by atoms with Crippen molar-refractivity contribution in [3.63, 3.8) is 0 Å². The van der Waals surface area contributed by atoms with Gasteiger partial charge in [-0.25, -0.2) is 0 Å². The van der Waals surface area contributed by atoms with E-state index in [2.05, 4.69) is 46.8 Å². The van der Waals surface area contributed by atoms with Crippen LogP contribution in [-0.2, 0) is 0 Å². The quantitative estimate of drug-likeness (QED) is 0.560. The Bertz CT molecular complexity index is 235. The fraction of sp³-hybridized carbons (Fsp3) is 0.692. The van der Waals surface area contributed by atoms with Crippen LogP contribution in [0.2, 0.25) is 0 Å². The Morgan fingerprint density at radius 2 is 2.00 bits per heavy atom. The van der Waals surface area contributed by atoms with Gasteiger partial charge in [-0.15, -0.1) is 0 Å². The van der Waals surface area contributed by atoms with Crippen molar-refractivity contribution in [1.29, 1.82) is 0 Å². The highest BCUT2D eigenvalue weighted by molar-refractivity contribution is 5.32. The average Bonchev–Trinajstić information content (AvgIpc) is 2.01. The summed E-state index contributed by atoms with van der Waals surface area (Å²) in [4.78, 5) is 0. The van der Waals surface area contributed by atoms with Crippen LogP contribution in [0.1, 0.15) is 47.5 Å². The van der Waals surface area contributed by atoms with Crippen LogP contribution in [0.5, 0.6) is 0 Å². The standard InChI is InChI=1S/C13H22/c1-6-11-7-10(2)8-12(9-11)13(3,4)5/h8-9,11H,6-7H2,1-5H3. The number of rotatable bonds is 1. The van der Waals surface area contributed by atoms with Gasteiger partial charge in [-0.2, -0.15) is 0 Å². The summed E-state index contributed by atoms with van der Waals surface area (Å²) in [6.45, 7) is 11.4. The molecule has 0 heteroatoms.